The average molecular weight is 819 g/mol. The number of halogens is 4. The van der Waals surface area contributed by atoms with Crippen LogP contribution >= 0.6 is 46.4 Å². The standard InChI is InChI=1S/C21H26Cl2O4.C19H26Cl2O4.CH4/c1-6-9-21(25)13(2)10-16(12-20(21,4)5)27-19(24)14(3)26-18-8-7-15(22)11-17(18)23;1-11-8-14(10-18(3,4)19(11,5)23)25-17(22)12(2)24-16-7-6-13(20)9-15(16)21;/h1,7-8,11,13-14,16,25H,9-10,12H2,2-5H3;6-7,9,11-12,14,23H,8,10H2,1-5H3;1H4/t13-,14-,16-,21+;11-,12+,14-,19+;/m10./s1. The van der Waals surface area contributed by atoms with Crippen LogP contribution in [0.3, 0.4) is 0 Å². The van der Waals surface area contributed by atoms with Crippen LogP contribution in [0, 0.1) is 35.0 Å². The van der Waals surface area contributed by atoms with E-state index in [1.165, 1.54) is 0 Å². The molecule has 12 heteroatoms. The van der Waals surface area contributed by atoms with Crippen LogP contribution in [-0.4, -0.2) is 57.8 Å². The maximum Gasteiger partial charge on any atom is 0.347 e. The Balaban J connectivity index is 0.000000361. The molecule has 0 bridgehead atoms. The first-order chi connectivity index (χ1) is 23.9. The first kappa shape index (κ1) is 46.8. The number of benzene rings is 2. The average Bonchev–Trinajstić information content (AvgIpc) is 3.02. The molecule has 0 saturated heterocycles. The minimum Gasteiger partial charge on any atom is -0.477 e. The fourth-order valence-electron chi connectivity index (χ4n) is 7.12. The molecule has 0 amide bonds. The summed E-state index contributed by atoms with van der Waals surface area (Å²) in [4.78, 5) is 24.9. The van der Waals surface area contributed by atoms with E-state index >= 15 is 0 Å². The van der Waals surface area contributed by atoms with Gasteiger partial charge in [0.15, 0.2) is 12.2 Å². The number of ether oxygens (including phenoxy) is 4. The third kappa shape index (κ3) is 11.3. The number of hydrogen-bond acceptors (Lipinski definition) is 8. The minimum atomic E-state index is -0.983. The van der Waals surface area contributed by atoms with Gasteiger partial charge in [-0.1, -0.05) is 95.4 Å². The van der Waals surface area contributed by atoms with Crippen LogP contribution in [0.25, 0.3) is 0 Å². The molecule has 2 aliphatic carbocycles. The summed E-state index contributed by atoms with van der Waals surface area (Å²) >= 11 is 23.9. The molecule has 2 aromatic rings. The summed E-state index contributed by atoms with van der Waals surface area (Å²) in [6.45, 7) is 16.9. The van der Waals surface area contributed by atoms with Gasteiger partial charge in [-0.2, -0.15) is 0 Å². The molecule has 2 N–H and O–H groups in total. The number of carbonyl (C=O) groups excluding carboxylic acids is 2. The number of hydrogen-bond donors (Lipinski definition) is 2. The Morgan fingerprint density at radius 1 is 0.774 bits per heavy atom. The first-order valence-electron chi connectivity index (χ1n) is 17.5. The Morgan fingerprint density at radius 2 is 1.17 bits per heavy atom. The Hall–Kier alpha value is -2.38. The van der Waals surface area contributed by atoms with E-state index in [9.17, 15) is 19.8 Å². The van der Waals surface area contributed by atoms with Crippen molar-refractivity contribution in [2.24, 2.45) is 22.7 Å². The second-order valence-corrected chi connectivity index (χ2v) is 17.4. The predicted octanol–water partition coefficient (Wildman–Crippen LogP) is 10.4. The van der Waals surface area contributed by atoms with Crippen LogP contribution in [0.4, 0.5) is 0 Å². The molecular weight excluding hydrogens is 762 g/mol. The van der Waals surface area contributed by atoms with Gasteiger partial charge in [0.05, 0.1) is 21.2 Å². The van der Waals surface area contributed by atoms with E-state index in [4.69, 9.17) is 71.8 Å². The minimum absolute atomic E-state index is 0. The predicted molar refractivity (Wildman–Crippen MR) is 213 cm³/mol. The van der Waals surface area contributed by atoms with E-state index < -0.39 is 40.8 Å². The molecule has 0 aromatic heterocycles. The largest absolute Gasteiger partial charge is 0.477 e. The van der Waals surface area contributed by atoms with Gasteiger partial charge in [-0.15, -0.1) is 12.3 Å². The van der Waals surface area contributed by atoms with Crippen molar-refractivity contribution in [1.29, 1.82) is 0 Å². The lowest BCUT2D eigenvalue weighted by Gasteiger charge is -2.52. The molecule has 0 unspecified atom stereocenters. The molecule has 8 nitrogen and oxygen atoms in total. The number of aliphatic hydroxyl groups is 2. The van der Waals surface area contributed by atoms with Gasteiger partial charge < -0.3 is 29.2 Å². The monoisotopic (exact) mass is 816 g/mol. The highest BCUT2D eigenvalue weighted by molar-refractivity contribution is 6.36. The fraction of sp³-hybridized carbons (Fsp3) is 0.610. The molecule has 2 aromatic carbocycles. The van der Waals surface area contributed by atoms with Gasteiger partial charge in [0.1, 0.15) is 23.7 Å². The maximum absolute atomic E-state index is 12.5. The van der Waals surface area contributed by atoms with Gasteiger partial charge in [0.25, 0.3) is 0 Å². The molecular formula is C41H56Cl4O8. The van der Waals surface area contributed by atoms with E-state index in [0.717, 1.165) is 0 Å². The molecule has 0 radical (unpaired) electrons. The van der Waals surface area contributed by atoms with Gasteiger partial charge in [-0.25, -0.2) is 9.59 Å². The first-order valence-corrected chi connectivity index (χ1v) is 19.0. The Bertz CT molecular complexity index is 1620. The van der Waals surface area contributed by atoms with Crippen LogP contribution in [0.5, 0.6) is 11.5 Å². The van der Waals surface area contributed by atoms with Crippen molar-refractivity contribution in [3.8, 4) is 23.8 Å². The molecule has 2 fully saturated rings. The lowest BCUT2D eigenvalue weighted by atomic mass is 9.59. The van der Waals surface area contributed by atoms with E-state index in [2.05, 4.69) is 5.92 Å². The summed E-state index contributed by atoms with van der Waals surface area (Å²) in [5.74, 6) is 2.33. The second-order valence-electron chi connectivity index (χ2n) is 15.7. The van der Waals surface area contributed by atoms with Crippen molar-refractivity contribution in [1.82, 2.24) is 0 Å². The SMILES string of the molecule is C.C#CC[C@]1(O)[C@H](C)C[C@@H](OC(=O)[C@@H](C)Oc2ccc(Cl)cc2Cl)CC1(C)C.C[C@@H](Oc1ccc(Cl)cc1Cl)C(=O)O[C@H]1C[C@H](C)[C@@](C)(O)C(C)(C)C1. The van der Waals surface area contributed by atoms with Gasteiger partial charge in [0.2, 0.25) is 0 Å². The highest BCUT2D eigenvalue weighted by atomic mass is 35.5. The lowest BCUT2D eigenvalue weighted by Crippen LogP contribution is -2.56. The van der Waals surface area contributed by atoms with Crippen molar-refractivity contribution in [2.75, 3.05) is 0 Å². The number of rotatable bonds is 9. The van der Waals surface area contributed by atoms with E-state index in [0.29, 0.717) is 57.3 Å². The van der Waals surface area contributed by atoms with Crippen LogP contribution < -0.4 is 9.47 Å². The van der Waals surface area contributed by atoms with Crippen molar-refractivity contribution in [3.05, 3.63) is 56.5 Å². The third-order valence-electron chi connectivity index (χ3n) is 11.0. The van der Waals surface area contributed by atoms with E-state index in [1.807, 2.05) is 48.5 Å². The zero-order valence-electron chi connectivity index (χ0n) is 31.4. The van der Waals surface area contributed by atoms with Crippen LogP contribution in [0.15, 0.2) is 36.4 Å². The summed E-state index contributed by atoms with van der Waals surface area (Å²) in [5.41, 5.74) is -2.61. The molecule has 2 saturated carbocycles. The normalized spacial score (nSPS) is 28.3. The lowest BCUT2D eigenvalue weighted by molar-refractivity contribution is -0.183. The summed E-state index contributed by atoms with van der Waals surface area (Å²) in [7, 11) is 0. The third-order valence-corrected chi connectivity index (χ3v) is 12.1. The van der Waals surface area contributed by atoms with Gasteiger partial charge in [0, 0.05) is 16.5 Å². The smallest absolute Gasteiger partial charge is 0.347 e. The fourth-order valence-corrected chi connectivity index (χ4v) is 8.03. The summed E-state index contributed by atoms with van der Waals surface area (Å²) in [6.07, 6.45) is 5.84. The highest BCUT2D eigenvalue weighted by Gasteiger charge is 2.53. The van der Waals surface area contributed by atoms with Crippen LogP contribution in [-0.2, 0) is 19.1 Å². The summed E-state index contributed by atoms with van der Waals surface area (Å²) in [5, 5.41) is 23.4. The number of carbonyl (C=O) groups is 2. The van der Waals surface area contributed by atoms with Crippen molar-refractivity contribution >= 4 is 58.3 Å². The Labute approximate surface area is 336 Å². The Morgan fingerprint density at radius 3 is 1.53 bits per heavy atom. The second kappa shape index (κ2) is 18.5. The van der Waals surface area contributed by atoms with Gasteiger partial charge >= 0.3 is 11.9 Å². The number of esters is 2. The van der Waals surface area contributed by atoms with Crippen molar-refractivity contribution in [3.63, 3.8) is 0 Å². The van der Waals surface area contributed by atoms with Crippen LogP contribution in [0.1, 0.15) is 102 Å². The molecule has 4 rings (SSSR count). The topological polar surface area (TPSA) is 112 Å². The van der Waals surface area contributed by atoms with Crippen molar-refractivity contribution in [2.45, 2.75) is 137 Å². The molecule has 296 valence electrons. The Kier molecular flexibility index (Phi) is 16.3. The van der Waals surface area contributed by atoms with E-state index in [-0.39, 0.29) is 43.3 Å². The molecule has 0 spiro atoms. The molecule has 8 atom stereocenters. The zero-order valence-corrected chi connectivity index (χ0v) is 34.4. The molecule has 0 aliphatic heterocycles. The molecule has 0 heterocycles. The quantitative estimate of drug-likeness (QED) is 0.190. The summed E-state index contributed by atoms with van der Waals surface area (Å²) < 4.78 is 22.5. The maximum atomic E-state index is 12.5. The molecule has 2 aliphatic rings. The molecule has 53 heavy (non-hydrogen) atoms. The van der Waals surface area contributed by atoms with E-state index in [1.54, 1.807) is 50.2 Å². The summed E-state index contributed by atoms with van der Waals surface area (Å²) in [6, 6.07) is 9.63. The van der Waals surface area contributed by atoms with Crippen LogP contribution in [0.2, 0.25) is 20.1 Å². The number of terminal acetylenes is 1. The van der Waals surface area contributed by atoms with Gasteiger partial charge in [-0.05, 0) is 106 Å². The van der Waals surface area contributed by atoms with Crippen molar-refractivity contribution < 1.29 is 38.7 Å². The highest BCUT2D eigenvalue weighted by Crippen LogP contribution is 2.50. The van der Waals surface area contributed by atoms with Gasteiger partial charge in [-0.3, -0.25) is 0 Å². The zero-order chi connectivity index (χ0) is 39.4.